The Bertz CT molecular complexity index is 677. The number of ether oxygens (including phenoxy) is 1. The standard InChI is InChI=1S/C15H19N5O3S/c1-10(11-6-3-4-9-16-11)17-14(22)18-15-20-19-12(24-15)7-5-8-13(21)23-2/h3-4,6,9-10H,5,7-8H2,1-2H3,(H2,17,18,20,22)/t10-/m0/s1. The van der Waals surface area contributed by atoms with Crippen molar-refractivity contribution in [3.8, 4) is 0 Å². The van der Waals surface area contributed by atoms with Crippen LogP contribution >= 0.6 is 11.3 Å². The predicted molar refractivity (Wildman–Crippen MR) is 89.7 cm³/mol. The molecular weight excluding hydrogens is 330 g/mol. The van der Waals surface area contributed by atoms with E-state index in [9.17, 15) is 9.59 Å². The Morgan fingerprint density at radius 2 is 2.17 bits per heavy atom. The second-order valence-electron chi connectivity index (χ2n) is 5.01. The molecule has 0 aliphatic rings. The van der Waals surface area contributed by atoms with Crippen molar-refractivity contribution in [1.29, 1.82) is 0 Å². The van der Waals surface area contributed by atoms with Gasteiger partial charge < -0.3 is 10.1 Å². The Labute approximate surface area is 143 Å². The van der Waals surface area contributed by atoms with Crippen molar-refractivity contribution in [1.82, 2.24) is 20.5 Å². The number of hydrogen-bond donors (Lipinski definition) is 2. The summed E-state index contributed by atoms with van der Waals surface area (Å²) >= 11 is 1.28. The summed E-state index contributed by atoms with van der Waals surface area (Å²) in [5.74, 6) is -0.249. The smallest absolute Gasteiger partial charge is 0.321 e. The number of aromatic nitrogens is 3. The van der Waals surface area contributed by atoms with Crippen molar-refractivity contribution in [3.05, 3.63) is 35.1 Å². The van der Waals surface area contributed by atoms with Crippen LogP contribution < -0.4 is 10.6 Å². The molecule has 8 nitrogen and oxygen atoms in total. The maximum absolute atomic E-state index is 12.0. The van der Waals surface area contributed by atoms with Gasteiger partial charge in [0.05, 0.1) is 18.8 Å². The molecule has 0 saturated heterocycles. The largest absolute Gasteiger partial charge is 0.469 e. The summed E-state index contributed by atoms with van der Waals surface area (Å²) in [5, 5.41) is 14.5. The summed E-state index contributed by atoms with van der Waals surface area (Å²) in [6.45, 7) is 1.85. The zero-order valence-corrected chi connectivity index (χ0v) is 14.3. The molecule has 2 aromatic rings. The molecule has 0 unspecified atom stereocenters. The topological polar surface area (TPSA) is 106 Å². The van der Waals surface area contributed by atoms with Crippen LogP contribution in [-0.4, -0.2) is 34.3 Å². The van der Waals surface area contributed by atoms with Crippen LogP contribution in [0.25, 0.3) is 0 Å². The second-order valence-corrected chi connectivity index (χ2v) is 6.07. The number of nitrogens with one attached hydrogen (secondary N) is 2. The highest BCUT2D eigenvalue weighted by Crippen LogP contribution is 2.17. The molecule has 2 N–H and O–H groups in total. The summed E-state index contributed by atoms with van der Waals surface area (Å²) < 4.78 is 4.58. The van der Waals surface area contributed by atoms with Gasteiger partial charge in [0.25, 0.3) is 0 Å². The lowest BCUT2D eigenvalue weighted by molar-refractivity contribution is -0.140. The van der Waals surface area contributed by atoms with Gasteiger partial charge in [0, 0.05) is 19.0 Å². The molecule has 0 aliphatic heterocycles. The lowest BCUT2D eigenvalue weighted by atomic mass is 10.2. The maximum atomic E-state index is 12.0. The van der Waals surface area contributed by atoms with Gasteiger partial charge in [-0.15, -0.1) is 10.2 Å². The molecule has 0 fully saturated rings. The fourth-order valence-corrected chi connectivity index (χ4v) is 2.70. The minimum absolute atomic E-state index is 0.223. The lowest BCUT2D eigenvalue weighted by Gasteiger charge is -2.12. The van der Waals surface area contributed by atoms with Gasteiger partial charge in [0.2, 0.25) is 5.13 Å². The number of nitrogens with zero attached hydrogens (tertiary/aromatic N) is 3. The average Bonchev–Trinajstić information content (AvgIpc) is 3.02. The molecule has 2 aromatic heterocycles. The number of amides is 2. The molecule has 9 heteroatoms. The summed E-state index contributed by atoms with van der Waals surface area (Å²) in [5.41, 5.74) is 0.772. The van der Waals surface area contributed by atoms with Crippen LogP contribution in [0, 0.1) is 0 Å². The van der Waals surface area contributed by atoms with E-state index < -0.39 is 0 Å². The first-order chi connectivity index (χ1) is 11.6. The van der Waals surface area contributed by atoms with Crippen LogP contribution in [0.1, 0.15) is 36.5 Å². The number of aryl methyl sites for hydroxylation is 1. The first-order valence-corrected chi connectivity index (χ1v) is 8.27. The van der Waals surface area contributed by atoms with Crippen LogP contribution in [0.3, 0.4) is 0 Å². The molecule has 0 aliphatic carbocycles. The third-order valence-electron chi connectivity index (χ3n) is 3.17. The highest BCUT2D eigenvalue weighted by atomic mass is 32.1. The number of carbonyl (C=O) groups is 2. The van der Waals surface area contributed by atoms with E-state index in [0.29, 0.717) is 24.4 Å². The van der Waals surface area contributed by atoms with Gasteiger partial charge in [-0.2, -0.15) is 0 Å². The Kier molecular flexibility index (Phi) is 6.62. The minimum atomic E-state index is -0.370. The second kappa shape index (κ2) is 8.92. The zero-order valence-electron chi connectivity index (χ0n) is 13.5. The van der Waals surface area contributed by atoms with Gasteiger partial charge in [-0.25, -0.2) is 4.79 Å². The fourth-order valence-electron chi connectivity index (χ4n) is 1.93. The fraction of sp³-hybridized carbons (Fsp3) is 0.400. The van der Waals surface area contributed by atoms with Crippen LogP contribution in [0.15, 0.2) is 24.4 Å². The highest BCUT2D eigenvalue weighted by molar-refractivity contribution is 7.15. The molecule has 2 amide bonds. The number of rotatable bonds is 7. The van der Waals surface area contributed by atoms with E-state index in [2.05, 4.69) is 30.6 Å². The quantitative estimate of drug-likeness (QED) is 0.743. The molecule has 0 saturated carbocycles. The summed E-state index contributed by atoms with van der Waals surface area (Å²) in [7, 11) is 1.36. The van der Waals surface area contributed by atoms with Gasteiger partial charge in [0.15, 0.2) is 0 Å². The van der Waals surface area contributed by atoms with Crippen molar-refractivity contribution in [3.63, 3.8) is 0 Å². The number of methoxy groups -OCH3 is 1. The average molecular weight is 349 g/mol. The monoisotopic (exact) mass is 349 g/mol. The molecular formula is C15H19N5O3S. The van der Waals surface area contributed by atoms with Crippen molar-refractivity contribution in [2.45, 2.75) is 32.2 Å². The molecule has 0 bridgehead atoms. The maximum Gasteiger partial charge on any atom is 0.321 e. The van der Waals surface area contributed by atoms with E-state index in [4.69, 9.17) is 0 Å². The SMILES string of the molecule is COC(=O)CCCc1nnc(NC(=O)N[C@@H](C)c2ccccn2)s1. The summed E-state index contributed by atoms with van der Waals surface area (Å²) in [4.78, 5) is 27.2. The molecule has 0 radical (unpaired) electrons. The first kappa shape index (κ1) is 17.8. The van der Waals surface area contributed by atoms with Gasteiger partial charge in [0.1, 0.15) is 5.01 Å². The molecule has 0 spiro atoms. The van der Waals surface area contributed by atoms with Gasteiger partial charge >= 0.3 is 12.0 Å². The molecule has 1 atom stereocenters. The number of anilines is 1. The molecule has 2 rings (SSSR count). The third-order valence-corrected chi connectivity index (χ3v) is 4.06. The predicted octanol–water partition coefficient (Wildman–Crippen LogP) is 2.31. The van der Waals surface area contributed by atoms with Crippen LogP contribution in [-0.2, 0) is 16.0 Å². The zero-order chi connectivity index (χ0) is 17.4. The number of pyridine rings is 1. The van der Waals surface area contributed by atoms with Crippen molar-refractivity contribution in [2.24, 2.45) is 0 Å². The number of carbonyl (C=O) groups excluding carboxylic acids is 2. The number of urea groups is 1. The summed E-state index contributed by atoms with van der Waals surface area (Å²) in [6.07, 6.45) is 3.25. The van der Waals surface area contributed by atoms with Crippen LogP contribution in [0.2, 0.25) is 0 Å². The first-order valence-electron chi connectivity index (χ1n) is 7.46. The molecule has 128 valence electrons. The lowest BCUT2D eigenvalue weighted by Crippen LogP contribution is -2.31. The third kappa shape index (κ3) is 5.58. The van der Waals surface area contributed by atoms with E-state index in [-0.39, 0.29) is 18.0 Å². The number of hydrogen-bond acceptors (Lipinski definition) is 7. The van der Waals surface area contributed by atoms with Crippen LogP contribution in [0.4, 0.5) is 9.93 Å². The Hall–Kier alpha value is -2.55. The highest BCUT2D eigenvalue weighted by Gasteiger charge is 2.13. The van der Waals surface area contributed by atoms with Crippen molar-refractivity contribution < 1.29 is 14.3 Å². The van der Waals surface area contributed by atoms with E-state index in [1.807, 2.05) is 25.1 Å². The van der Waals surface area contributed by atoms with E-state index in [1.165, 1.54) is 18.4 Å². The van der Waals surface area contributed by atoms with Crippen LogP contribution in [0.5, 0.6) is 0 Å². The van der Waals surface area contributed by atoms with Crippen molar-refractivity contribution >= 4 is 28.5 Å². The van der Waals surface area contributed by atoms with Gasteiger partial charge in [-0.3, -0.25) is 15.1 Å². The Balaban J connectivity index is 1.79. The minimum Gasteiger partial charge on any atom is -0.469 e. The molecule has 0 aromatic carbocycles. The van der Waals surface area contributed by atoms with Crippen molar-refractivity contribution in [2.75, 3.05) is 12.4 Å². The van der Waals surface area contributed by atoms with E-state index in [1.54, 1.807) is 6.20 Å². The number of esters is 1. The Morgan fingerprint density at radius 1 is 1.33 bits per heavy atom. The van der Waals surface area contributed by atoms with E-state index >= 15 is 0 Å². The normalized spacial score (nSPS) is 11.6. The Morgan fingerprint density at radius 3 is 2.88 bits per heavy atom. The molecule has 2 heterocycles. The van der Waals surface area contributed by atoms with E-state index in [0.717, 1.165) is 10.7 Å². The summed E-state index contributed by atoms with van der Waals surface area (Å²) in [6, 6.07) is 4.93. The van der Waals surface area contributed by atoms with Gasteiger partial charge in [-0.05, 0) is 25.5 Å². The van der Waals surface area contributed by atoms with Gasteiger partial charge in [-0.1, -0.05) is 17.4 Å². The molecule has 24 heavy (non-hydrogen) atoms.